The van der Waals surface area contributed by atoms with Crippen LogP contribution in [0.2, 0.25) is 0 Å². The van der Waals surface area contributed by atoms with Crippen molar-refractivity contribution in [2.45, 2.75) is 45.6 Å². The molecule has 1 unspecified atom stereocenters. The van der Waals surface area contributed by atoms with Crippen molar-refractivity contribution < 1.29 is 4.39 Å². The summed E-state index contributed by atoms with van der Waals surface area (Å²) in [5, 5.41) is 3.55. The molecule has 1 fully saturated rings. The van der Waals surface area contributed by atoms with Gasteiger partial charge in [-0.2, -0.15) is 0 Å². The van der Waals surface area contributed by atoms with Crippen LogP contribution in [0.15, 0.2) is 22.7 Å². The highest BCUT2D eigenvalue weighted by Gasteiger charge is 2.28. The van der Waals surface area contributed by atoms with Gasteiger partial charge in [-0.1, -0.05) is 38.8 Å². The van der Waals surface area contributed by atoms with E-state index in [1.165, 1.54) is 31.7 Å². The zero-order valence-corrected chi connectivity index (χ0v) is 13.3. The van der Waals surface area contributed by atoms with Crippen molar-refractivity contribution in [2.75, 3.05) is 6.54 Å². The minimum Gasteiger partial charge on any atom is -0.310 e. The van der Waals surface area contributed by atoms with Crippen molar-refractivity contribution in [1.82, 2.24) is 5.32 Å². The average molecular weight is 328 g/mol. The molecule has 0 amide bonds. The number of rotatable bonds is 4. The number of nitrogens with one attached hydrogen (secondary N) is 1. The van der Waals surface area contributed by atoms with E-state index in [0.29, 0.717) is 10.4 Å². The van der Waals surface area contributed by atoms with E-state index in [9.17, 15) is 4.39 Å². The van der Waals surface area contributed by atoms with Gasteiger partial charge in [-0.05, 0) is 58.8 Å². The van der Waals surface area contributed by atoms with Gasteiger partial charge >= 0.3 is 0 Å². The zero-order chi connectivity index (χ0) is 13.8. The molecule has 2 rings (SSSR count). The molecule has 106 valence electrons. The average Bonchev–Trinajstić information content (AvgIpc) is 2.41. The van der Waals surface area contributed by atoms with Crippen LogP contribution >= 0.6 is 15.9 Å². The smallest absolute Gasteiger partial charge is 0.137 e. The third-order valence-corrected chi connectivity index (χ3v) is 5.11. The van der Waals surface area contributed by atoms with E-state index in [1.54, 1.807) is 0 Å². The third-order valence-electron chi connectivity index (χ3n) is 4.27. The first-order valence-corrected chi connectivity index (χ1v) is 8.10. The molecular weight excluding hydrogens is 305 g/mol. The molecule has 1 nitrogen and oxygen atoms in total. The summed E-state index contributed by atoms with van der Waals surface area (Å²) in [6.07, 6.45) is 5.06. The van der Waals surface area contributed by atoms with E-state index in [1.807, 2.05) is 12.1 Å². The molecule has 3 heteroatoms. The summed E-state index contributed by atoms with van der Waals surface area (Å²) in [4.78, 5) is 0. The quantitative estimate of drug-likeness (QED) is 0.814. The SMILES string of the molecule is CCNC(c1cccc(F)c1Br)C1CCC(C)CC1. The van der Waals surface area contributed by atoms with Crippen molar-refractivity contribution >= 4 is 15.9 Å². The monoisotopic (exact) mass is 327 g/mol. The summed E-state index contributed by atoms with van der Waals surface area (Å²) in [7, 11) is 0. The molecule has 0 heterocycles. The van der Waals surface area contributed by atoms with Crippen LogP contribution in [0, 0.1) is 17.7 Å². The first-order chi connectivity index (χ1) is 9.13. The molecule has 1 saturated carbocycles. The van der Waals surface area contributed by atoms with E-state index < -0.39 is 0 Å². The fourth-order valence-corrected chi connectivity index (χ4v) is 3.64. The van der Waals surface area contributed by atoms with Gasteiger partial charge in [-0.15, -0.1) is 0 Å². The highest BCUT2D eigenvalue weighted by Crippen LogP contribution is 2.39. The standard InChI is InChI=1S/C16H23BrFN/c1-3-19-16(12-9-7-11(2)8-10-12)13-5-4-6-14(18)15(13)17/h4-6,11-12,16,19H,3,7-10H2,1-2H3. The van der Waals surface area contributed by atoms with Gasteiger partial charge < -0.3 is 5.32 Å². The fraction of sp³-hybridized carbons (Fsp3) is 0.625. The molecule has 0 spiro atoms. The summed E-state index contributed by atoms with van der Waals surface area (Å²) in [6, 6.07) is 5.63. The van der Waals surface area contributed by atoms with Crippen LogP contribution in [0.3, 0.4) is 0 Å². The molecule has 0 aromatic heterocycles. The first kappa shape index (κ1) is 15.0. The van der Waals surface area contributed by atoms with Gasteiger partial charge in [0.2, 0.25) is 0 Å². The Hall–Kier alpha value is -0.410. The number of hydrogen-bond donors (Lipinski definition) is 1. The summed E-state index contributed by atoms with van der Waals surface area (Å²) in [5.74, 6) is 1.30. The lowest BCUT2D eigenvalue weighted by Crippen LogP contribution is -2.31. The van der Waals surface area contributed by atoms with Gasteiger partial charge in [0.25, 0.3) is 0 Å². The summed E-state index contributed by atoms with van der Waals surface area (Å²) < 4.78 is 14.4. The third kappa shape index (κ3) is 3.57. The molecule has 1 aliphatic carbocycles. The van der Waals surface area contributed by atoms with Gasteiger partial charge in [-0.25, -0.2) is 4.39 Å². The van der Waals surface area contributed by atoms with Gasteiger partial charge in [0.15, 0.2) is 0 Å². The van der Waals surface area contributed by atoms with Crippen LogP contribution in [-0.2, 0) is 0 Å². The number of benzene rings is 1. The van der Waals surface area contributed by atoms with Crippen molar-refractivity contribution in [3.63, 3.8) is 0 Å². The normalized spacial score (nSPS) is 25.3. The van der Waals surface area contributed by atoms with E-state index in [0.717, 1.165) is 18.0 Å². The van der Waals surface area contributed by atoms with E-state index in [-0.39, 0.29) is 11.9 Å². The molecule has 1 atom stereocenters. The Labute approximate surface area is 124 Å². The number of halogens is 2. The van der Waals surface area contributed by atoms with Crippen molar-refractivity contribution in [3.05, 3.63) is 34.1 Å². The predicted molar refractivity (Wildman–Crippen MR) is 81.6 cm³/mol. The molecule has 0 saturated heterocycles. The maximum absolute atomic E-state index is 13.7. The molecule has 0 aliphatic heterocycles. The van der Waals surface area contributed by atoms with Crippen LogP contribution < -0.4 is 5.32 Å². The molecule has 1 aliphatic rings. The van der Waals surface area contributed by atoms with Crippen LogP contribution in [0.25, 0.3) is 0 Å². The Morgan fingerprint density at radius 1 is 1.32 bits per heavy atom. The fourth-order valence-electron chi connectivity index (χ4n) is 3.13. The minimum absolute atomic E-state index is 0.162. The lowest BCUT2D eigenvalue weighted by Gasteiger charge is -2.34. The Morgan fingerprint density at radius 2 is 2.00 bits per heavy atom. The van der Waals surface area contributed by atoms with E-state index in [2.05, 4.69) is 35.1 Å². The maximum Gasteiger partial charge on any atom is 0.137 e. The Morgan fingerprint density at radius 3 is 2.63 bits per heavy atom. The Kier molecular flexibility index (Phi) is 5.40. The maximum atomic E-state index is 13.7. The van der Waals surface area contributed by atoms with Crippen LogP contribution in [-0.4, -0.2) is 6.54 Å². The van der Waals surface area contributed by atoms with Crippen LogP contribution in [0.4, 0.5) is 4.39 Å². The van der Waals surface area contributed by atoms with Gasteiger partial charge in [0.1, 0.15) is 5.82 Å². The van der Waals surface area contributed by atoms with Crippen molar-refractivity contribution in [2.24, 2.45) is 11.8 Å². The number of hydrogen-bond acceptors (Lipinski definition) is 1. The molecule has 0 radical (unpaired) electrons. The van der Waals surface area contributed by atoms with E-state index in [4.69, 9.17) is 0 Å². The topological polar surface area (TPSA) is 12.0 Å². The van der Waals surface area contributed by atoms with Crippen molar-refractivity contribution in [3.8, 4) is 0 Å². The largest absolute Gasteiger partial charge is 0.310 e. The molecule has 19 heavy (non-hydrogen) atoms. The van der Waals surface area contributed by atoms with Crippen LogP contribution in [0.1, 0.15) is 51.1 Å². The summed E-state index contributed by atoms with van der Waals surface area (Å²) in [6.45, 7) is 5.36. The highest BCUT2D eigenvalue weighted by molar-refractivity contribution is 9.10. The van der Waals surface area contributed by atoms with E-state index >= 15 is 0 Å². The molecule has 1 aromatic rings. The lowest BCUT2D eigenvalue weighted by molar-refractivity contribution is 0.232. The molecule has 1 N–H and O–H groups in total. The van der Waals surface area contributed by atoms with Gasteiger partial charge in [0.05, 0.1) is 4.47 Å². The summed E-state index contributed by atoms with van der Waals surface area (Å²) >= 11 is 3.41. The predicted octanol–water partition coefficient (Wildman–Crippen LogP) is 5.07. The highest BCUT2D eigenvalue weighted by atomic mass is 79.9. The minimum atomic E-state index is -0.162. The van der Waals surface area contributed by atoms with Crippen LogP contribution in [0.5, 0.6) is 0 Å². The van der Waals surface area contributed by atoms with Gasteiger partial charge in [-0.3, -0.25) is 0 Å². The second kappa shape index (κ2) is 6.85. The zero-order valence-electron chi connectivity index (χ0n) is 11.8. The van der Waals surface area contributed by atoms with Gasteiger partial charge in [0, 0.05) is 6.04 Å². The second-order valence-electron chi connectivity index (χ2n) is 5.70. The Bertz CT molecular complexity index is 413. The molecule has 1 aromatic carbocycles. The molecular formula is C16H23BrFN. The first-order valence-electron chi connectivity index (χ1n) is 7.30. The summed E-state index contributed by atoms with van der Waals surface area (Å²) in [5.41, 5.74) is 1.07. The second-order valence-corrected chi connectivity index (χ2v) is 6.49. The Balaban J connectivity index is 2.22. The lowest BCUT2D eigenvalue weighted by atomic mass is 9.77. The molecule has 0 bridgehead atoms. The van der Waals surface area contributed by atoms with Crippen molar-refractivity contribution in [1.29, 1.82) is 0 Å².